The summed E-state index contributed by atoms with van der Waals surface area (Å²) < 4.78 is 7.16. The molecule has 0 aliphatic carbocycles. The first-order valence-corrected chi connectivity index (χ1v) is 11.2. The van der Waals surface area contributed by atoms with Crippen molar-refractivity contribution in [2.75, 3.05) is 16.4 Å². The molecular weight excluding hydrogens is 438 g/mol. The maximum atomic E-state index is 12.8. The molecule has 168 valence electrons. The Morgan fingerprint density at radius 1 is 1.03 bits per heavy atom. The van der Waals surface area contributed by atoms with E-state index in [1.807, 2.05) is 55.8 Å². The molecule has 8 nitrogen and oxygen atoms in total. The second kappa shape index (κ2) is 9.74. The third-order valence-corrected chi connectivity index (χ3v) is 6.01. The zero-order valence-corrected chi connectivity index (χ0v) is 19.3. The average molecular weight is 462 g/mol. The summed E-state index contributed by atoms with van der Waals surface area (Å²) in [7, 11) is 1.84. The van der Waals surface area contributed by atoms with Gasteiger partial charge in [-0.05, 0) is 49.7 Å². The largest absolute Gasteiger partial charge is 0.469 e. The third-order valence-electron chi connectivity index (χ3n) is 4.99. The highest BCUT2D eigenvalue weighted by Crippen LogP contribution is 2.26. The summed E-state index contributed by atoms with van der Waals surface area (Å²) >= 11 is 1.26. The van der Waals surface area contributed by atoms with Crippen LogP contribution in [0.1, 0.15) is 21.7 Å². The van der Waals surface area contributed by atoms with Crippen molar-refractivity contribution in [3.8, 4) is 11.4 Å². The summed E-state index contributed by atoms with van der Waals surface area (Å²) in [5.41, 5.74) is 3.42. The van der Waals surface area contributed by atoms with Crippen LogP contribution >= 0.6 is 11.8 Å². The fourth-order valence-electron chi connectivity index (χ4n) is 3.32. The van der Waals surface area contributed by atoms with E-state index in [0.717, 1.165) is 16.9 Å². The number of furan rings is 1. The molecule has 2 heterocycles. The van der Waals surface area contributed by atoms with Crippen molar-refractivity contribution >= 4 is 35.0 Å². The smallest absolute Gasteiger partial charge is 0.257 e. The minimum absolute atomic E-state index is 0.115. The van der Waals surface area contributed by atoms with Crippen molar-refractivity contribution in [3.63, 3.8) is 0 Å². The highest BCUT2D eigenvalue weighted by atomic mass is 32.2. The lowest BCUT2D eigenvalue weighted by atomic mass is 10.1. The Kier molecular flexibility index (Phi) is 6.60. The SMILES string of the molecule is Cc1cccc(NC(=O)c2ccccc2NC(=O)CSc2nnc(-c3ccoc3C)n2C)c1. The van der Waals surface area contributed by atoms with Crippen molar-refractivity contribution < 1.29 is 14.0 Å². The van der Waals surface area contributed by atoms with Crippen molar-refractivity contribution in [2.45, 2.75) is 19.0 Å². The van der Waals surface area contributed by atoms with Crippen LogP contribution in [0.15, 0.2) is 70.4 Å². The van der Waals surface area contributed by atoms with Crippen molar-refractivity contribution in [1.29, 1.82) is 0 Å². The monoisotopic (exact) mass is 461 g/mol. The maximum absolute atomic E-state index is 12.8. The first kappa shape index (κ1) is 22.3. The quantitative estimate of drug-likeness (QED) is 0.388. The summed E-state index contributed by atoms with van der Waals surface area (Å²) in [4.78, 5) is 25.4. The highest BCUT2D eigenvalue weighted by Gasteiger charge is 2.17. The normalized spacial score (nSPS) is 10.8. The van der Waals surface area contributed by atoms with Gasteiger partial charge in [0, 0.05) is 12.7 Å². The summed E-state index contributed by atoms with van der Waals surface area (Å²) in [6, 6.07) is 16.3. The number of thioether (sulfide) groups is 1. The number of aromatic nitrogens is 3. The van der Waals surface area contributed by atoms with Crippen LogP contribution in [-0.2, 0) is 11.8 Å². The topological polar surface area (TPSA) is 102 Å². The Hall–Kier alpha value is -3.85. The van der Waals surface area contributed by atoms with Crippen LogP contribution in [0.3, 0.4) is 0 Å². The van der Waals surface area contributed by atoms with E-state index >= 15 is 0 Å². The van der Waals surface area contributed by atoms with E-state index in [9.17, 15) is 9.59 Å². The van der Waals surface area contributed by atoms with Gasteiger partial charge in [0.1, 0.15) is 5.76 Å². The molecule has 0 unspecified atom stereocenters. The molecule has 0 spiro atoms. The summed E-state index contributed by atoms with van der Waals surface area (Å²) in [5, 5.41) is 14.7. The fraction of sp³-hybridized carbons (Fsp3) is 0.167. The molecule has 2 aromatic heterocycles. The Morgan fingerprint density at radius 3 is 2.61 bits per heavy atom. The number of benzene rings is 2. The second-order valence-corrected chi connectivity index (χ2v) is 8.40. The minimum Gasteiger partial charge on any atom is -0.469 e. The van der Waals surface area contributed by atoms with Gasteiger partial charge < -0.3 is 19.6 Å². The number of carbonyl (C=O) groups excluding carboxylic acids is 2. The van der Waals surface area contributed by atoms with E-state index in [0.29, 0.717) is 27.9 Å². The average Bonchev–Trinajstić information content (AvgIpc) is 3.37. The number of para-hydroxylation sites is 1. The predicted molar refractivity (Wildman–Crippen MR) is 128 cm³/mol. The molecular formula is C24H23N5O3S. The first-order valence-electron chi connectivity index (χ1n) is 10.3. The van der Waals surface area contributed by atoms with Gasteiger partial charge in [0.2, 0.25) is 5.91 Å². The number of carbonyl (C=O) groups is 2. The van der Waals surface area contributed by atoms with Crippen LogP contribution in [-0.4, -0.2) is 32.3 Å². The molecule has 0 saturated carbocycles. The van der Waals surface area contributed by atoms with Gasteiger partial charge in [-0.25, -0.2) is 0 Å². The van der Waals surface area contributed by atoms with E-state index in [2.05, 4.69) is 20.8 Å². The number of nitrogens with one attached hydrogen (secondary N) is 2. The second-order valence-electron chi connectivity index (χ2n) is 7.46. The summed E-state index contributed by atoms with van der Waals surface area (Å²) in [5.74, 6) is 0.990. The van der Waals surface area contributed by atoms with Crippen LogP contribution in [0.5, 0.6) is 0 Å². The van der Waals surface area contributed by atoms with Crippen LogP contribution < -0.4 is 10.6 Å². The molecule has 0 atom stereocenters. The van der Waals surface area contributed by atoms with Gasteiger partial charge in [-0.2, -0.15) is 0 Å². The zero-order chi connectivity index (χ0) is 23.4. The molecule has 0 radical (unpaired) electrons. The molecule has 4 rings (SSSR count). The number of rotatable bonds is 7. The molecule has 0 aliphatic heterocycles. The molecule has 2 aromatic carbocycles. The Labute approximate surface area is 195 Å². The maximum Gasteiger partial charge on any atom is 0.257 e. The number of nitrogens with zero attached hydrogens (tertiary/aromatic N) is 3. The van der Waals surface area contributed by atoms with Crippen molar-refractivity contribution in [1.82, 2.24) is 14.8 Å². The lowest BCUT2D eigenvalue weighted by Gasteiger charge is -2.12. The van der Waals surface area contributed by atoms with E-state index in [-0.39, 0.29) is 17.6 Å². The number of aryl methyl sites for hydroxylation is 2. The van der Waals surface area contributed by atoms with E-state index in [1.165, 1.54) is 11.8 Å². The number of hydrogen-bond donors (Lipinski definition) is 2. The van der Waals surface area contributed by atoms with Crippen LogP contribution in [0.25, 0.3) is 11.4 Å². The van der Waals surface area contributed by atoms with Gasteiger partial charge in [-0.15, -0.1) is 10.2 Å². The van der Waals surface area contributed by atoms with Crippen LogP contribution in [0, 0.1) is 13.8 Å². The van der Waals surface area contributed by atoms with Crippen LogP contribution in [0.2, 0.25) is 0 Å². The first-order chi connectivity index (χ1) is 15.9. The van der Waals surface area contributed by atoms with Gasteiger partial charge in [0.05, 0.1) is 28.8 Å². The Bertz CT molecular complexity index is 1310. The van der Waals surface area contributed by atoms with Gasteiger partial charge in [-0.3, -0.25) is 9.59 Å². The molecule has 33 heavy (non-hydrogen) atoms. The lowest BCUT2D eigenvalue weighted by Crippen LogP contribution is -2.19. The van der Waals surface area contributed by atoms with Crippen molar-refractivity contribution in [3.05, 3.63) is 77.7 Å². The highest BCUT2D eigenvalue weighted by molar-refractivity contribution is 7.99. The third kappa shape index (κ3) is 5.15. The minimum atomic E-state index is -0.294. The number of amides is 2. The zero-order valence-electron chi connectivity index (χ0n) is 18.5. The molecule has 0 bridgehead atoms. The molecule has 2 amide bonds. The lowest BCUT2D eigenvalue weighted by molar-refractivity contribution is -0.113. The number of hydrogen-bond acceptors (Lipinski definition) is 6. The Balaban J connectivity index is 1.41. The number of anilines is 2. The van der Waals surface area contributed by atoms with Crippen LogP contribution in [0.4, 0.5) is 11.4 Å². The van der Waals surface area contributed by atoms with E-state index < -0.39 is 0 Å². The van der Waals surface area contributed by atoms with Gasteiger partial charge in [-0.1, -0.05) is 36.0 Å². The molecule has 0 aliphatic rings. The van der Waals surface area contributed by atoms with E-state index in [4.69, 9.17) is 4.42 Å². The van der Waals surface area contributed by atoms with E-state index in [1.54, 1.807) is 30.5 Å². The standard InChI is InChI=1S/C24H23N5O3S/c1-15-7-6-8-17(13-15)25-23(31)19-9-4-5-10-20(19)26-21(30)14-33-24-28-27-22(29(24)3)18-11-12-32-16(18)2/h4-13H,14H2,1-3H3,(H,25,31)(H,26,30). The molecule has 0 saturated heterocycles. The molecule has 2 N–H and O–H groups in total. The fourth-order valence-corrected chi connectivity index (χ4v) is 4.03. The molecule has 9 heteroatoms. The van der Waals surface area contributed by atoms with Gasteiger partial charge >= 0.3 is 0 Å². The molecule has 4 aromatic rings. The summed E-state index contributed by atoms with van der Waals surface area (Å²) in [6.45, 7) is 3.81. The molecule has 0 fully saturated rings. The summed E-state index contributed by atoms with van der Waals surface area (Å²) in [6.07, 6.45) is 1.60. The van der Waals surface area contributed by atoms with Gasteiger partial charge in [0.25, 0.3) is 5.91 Å². The van der Waals surface area contributed by atoms with Crippen molar-refractivity contribution in [2.24, 2.45) is 7.05 Å². The predicted octanol–water partition coefficient (Wildman–Crippen LogP) is 4.68. The van der Waals surface area contributed by atoms with Gasteiger partial charge in [0.15, 0.2) is 11.0 Å². The Morgan fingerprint density at radius 2 is 1.85 bits per heavy atom.